The van der Waals surface area contributed by atoms with E-state index in [2.05, 4.69) is 0 Å². The van der Waals surface area contributed by atoms with Gasteiger partial charge in [-0.05, 0) is 24.6 Å². The molecular weight excluding hydrogens is 168 g/mol. The van der Waals surface area contributed by atoms with Crippen LogP contribution >= 0.6 is 0 Å². The Labute approximate surface area is 77.0 Å². The van der Waals surface area contributed by atoms with E-state index in [1.165, 1.54) is 6.92 Å². The number of Topliss-reactive ketones (excluding diaryl/α,β-unsaturated/α-hetero) is 1. The summed E-state index contributed by atoms with van der Waals surface area (Å²) in [7, 11) is 1.57. The molecule has 1 atom stereocenters. The van der Waals surface area contributed by atoms with Crippen molar-refractivity contribution in [2.24, 2.45) is 0 Å². The molecule has 0 saturated carbocycles. The molecule has 0 fully saturated rings. The molecule has 1 rings (SSSR count). The molecule has 0 radical (unpaired) electrons. The summed E-state index contributed by atoms with van der Waals surface area (Å²) < 4.78 is 4.94. The Morgan fingerprint density at radius 3 is 2.31 bits per heavy atom. The smallest absolute Gasteiger partial charge is 0.162 e. The van der Waals surface area contributed by atoms with Crippen LogP contribution in [0, 0.1) is 0 Å². The molecule has 0 heterocycles. The molecule has 13 heavy (non-hydrogen) atoms. The molecule has 1 N–H and O–H groups in total. The molecule has 0 bridgehead atoms. The van der Waals surface area contributed by atoms with Gasteiger partial charge < -0.3 is 9.84 Å². The quantitative estimate of drug-likeness (QED) is 0.763. The minimum absolute atomic E-state index is 0.259. The summed E-state index contributed by atoms with van der Waals surface area (Å²) in [6, 6.07) is 6.76. The third-order valence-corrected chi connectivity index (χ3v) is 1.82. The van der Waals surface area contributed by atoms with E-state index in [0.717, 1.165) is 0 Å². The Kier molecular flexibility index (Phi) is 3.03. The number of methoxy groups -OCH3 is 1. The number of hydrogen-bond donors (Lipinski definition) is 1. The Morgan fingerprint density at radius 2 is 1.92 bits per heavy atom. The monoisotopic (exact) mass is 180 g/mol. The normalized spacial score (nSPS) is 12.2. The Morgan fingerprint density at radius 1 is 1.38 bits per heavy atom. The van der Waals surface area contributed by atoms with Crippen molar-refractivity contribution in [1.29, 1.82) is 0 Å². The van der Waals surface area contributed by atoms with Crippen molar-refractivity contribution in [1.82, 2.24) is 0 Å². The summed E-state index contributed by atoms with van der Waals surface area (Å²) in [6.45, 7) is 1.36. The van der Waals surface area contributed by atoms with Crippen LogP contribution < -0.4 is 4.74 Å². The van der Waals surface area contributed by atoms with E-state index in [1.807, 2.05) is 0 Å². The first-order chi connectivity index (χ1) is 6.15. The van der Waals surface area contributed by atoms with Crippen LogP contribution in [0.4, 0.5) is 0 Å². The van der Waals surface area contributed by atoms with Gasteiger partial charge in [-0.15, -0.1) is 0 Å². The van der Waals surface area contributed by atoms with Crippen molar-refractivity contribution in [2.45, 2.75) is 13.0 Å². The lowest BCUT2D eigenvalue weighted by Gasteiger charge is -2.07. The van der Waals surface area contributed by atoms with Crippen molar-refractivity contribution in [3.8, 4) is 5.75 Å². The summed E-state index contributed by atoms with van der Waals surface area (Å²) in [5, 5.41) is 9.37. The number of rotatable bonds is 3. The Bertz CT molecular complexity index is 290. The van der Waals surface area contributed by atoms with E-state index >= 15 is 0 Å². The van der Waals surface area contributed by atoms with Crippen molar-refractivity contribution in [3.05, 3.63) is 29.8 Å². The molecule has 0 unspecified atom stereocenters. The third-order valence-electron chi connectivity index (χ3n) is 1.82. The minimum Gasteiger partial charge on any atom is -0.497 e. The predicted molar refractivity (Wildman–Crippen MR) is 48.6 cm³/mol. The number of carbonyl (C=O) groups is 1. The van der Waals surface area contributed by atoms with E-state index in [1.54, 1.807) is 31.4 Å². The molecular formula is C10H12O3. The van der Waals surface area contributed by atoms with Gasteiger partial charge in [-0.1, -0.05) is 12.1 Å². The molecule has 0 aliphatic carbocycles. The second-order valence-electron chi connectivity index (χ2n) is 2.79. The fourth-order valence-electron chi connectivity index (χ4n) is 1.02. The first-order valence-electron chi connectivity index (χ1n) is 3.97. The van der Waals surface area contributed by atoms with Crippen molar-refractivity contribution < 1.29 is 14.6 Å². The minimum atomic E-state index is -1.02. The molecule has 0 aromatic heterocycles. The third kappa shape index (κ3) is 2.29. The summed E-state index contributed by atoms with van der Waals surface area (Å²) in [5.74, 6) is 0.449. The summed E-state index contributed by atoms with van der Waals surface area (Å²) in [6.07, 6.45) is -1.02. The van der Waals surface area contributed by atoms with Crippen LogP contribution in [0.5, 0.6) is 5.75 Å². The van der Waals surface area contributed by atoms with Crippen molar-refractivity contribution in [3.63, 3.8) is 0 Å². The number of ketones is 1. The molecule has 0 aliphatic heterocycles. The molecule has 1 aromatic carbocycles. The number of carbonyl (C=O) groups excluding carboxylic acids is 1. The van der Waals surface area contributed by atoms with Gasteiger partial charge in [-0.2, -0.15) is 0 Å². The molecule has 70 valence electrons. The second kappa shape index (κ2) is 4.05. The van der Waals surface area contributed by atoms with Crippen molar-refractivity contribution in [2.75, 3.05) is 7.11 Å². The zero-order valence-electron chi connectivity index (χ0n) is 7.65. The predicted octanol–water partition coefficient (Wildman–Crippen LogP) is 1.32. The maximum absolute atomic E-state index is 10.8. The van der Waals surface area contributed by atoms with E-state index in [9.17, 15) is 9.90 Å². The van der Waals surface area contributed by atoms with Gasteiger partial charge in [0.15, 0.2) is 5.78 Å². The molecule has 3 heteroatoms. The average Bonchev–Trinajstić information content (AvgIpc) is 2.17. The standard InChI is InChI=1S/C10H12O3/c1-7(11)10(12)8-3-5-9(13-2)6-4-8/h3-6,10,12H,1-2H3/t10-/m1/s1. The van der Waals surface area contributed by atoms with Gasteiger partial charge in [0, 0.05) is 0 Å². The van der Waals surface area contributed by atoms with Crippen LogP contribution in [0.25, 0.3) is 0 Å². The SMILES string of the molecule is COc1ccc([C@H](O)C(C)=O)cc1. The highest BCUT2D eigenvalue weighted by Gasteiger charge is 2.11. The maximum Gasteiger partial charge on any atom is 0.162 e. The number of ether oxygens (including phenoxy) is 1. The van der Waals surface area contributed by atoms with Crippen LogP contribution in [0.15, 0.2) is 24.3 Å². The van der Waals surface area contributed by atoms with Gasteiger partial charge in [0.05, 0.1) is 7.11 Å². The van der Waals surface area contributed by atoms with Crippen LogP contribution in [-0.2, 0) is 4.79 Å². The van der Waals surface area contributed by atoms with Gasteiger partial charge in [-0.3, -0.25) is 4.79 Å². The first kappa shape index (κ1) is 9.74. The van der Waals surface area contributed by atoms with Gasteiger partial charge >= 0.3 is 0 Å². The van der Waals surface area contributed by atoms with Gasteiger partial charge in [0.1, 0.15) is 11.9 Å². The van der Waals surface area contributed by atoms with E-state index in [0.29, 0.717) is 11.3 Å². The number of benzene rings is 1. The number of aliphatic hydroxyl groups excluding tert-OH is 1. The zero-order valence-corrected chi connectivity index (χ0v) is 7.65. The topological polar surface area (TPSA) is 46.5 Å². The highest BCUT2D eigenvalue weighted by atomic mass is 16.5. The zero-order chi connectivity index (χ0) is 9.84. The molecule has 0 aliphatic rings. The molecule has 1 aromatic rings. The molecule has 3 nitrogen and oxygen atoms in total. The largest absolute Gasteiger partial charge is 0.497 e. The second-order valence-corrected chi connectivity index (χ2v) is 2.79. The van der Waals surface area contributed by atoms with Gasteiger partial charge in [-0.25, -0.2) is 0 Å². The van der Waals surface area contributed by atoms with Crippen molar-refractivity contribution >= 4 is 5.78 Å². The fraction of sp³-hybridized carbons (Fsp3) is 0.300. The molecule has 0 amide bonds. The van der Waals surface area contributed by atoms with E-state index in [4.69, 9.17) is 4.74 Å². The lowest BCUT2D eigenvalue weighted by Crippen LogP contribution is -2.07. The number of hydrogen-bond acceptors (Lipinski definition) is 3. The van der Waals surface area contributed by atoms with E-state index in [-0.39, 0.29) is 5.78 Å². The van der Waals surface area contributed by atoms with E-state index < -0.39 is 6.10 Å². The summed E-state index contributed by atoms with van der Waals surface area (Å²) >= 11 is 0. The van der Waals surface area contributed by atoms with Crippen LogP contribution in [0.1, 0.15) is 18.6 Å². The molecule has 0 saturated heterocycles. The highest BCUT2D eigenvalue weighted by molar-refractivity contribution is 5.81. The van der Waals surface area contributed by atoms with Crippen LogP contribution in [0.3, 0.4) is 0 Å². The van der Waals surface area contributed by atoms with Crippen LogP contribution in [0.2, 0.25) is 0 Å². The van der Waals surface area contributed by atoms with Gasteiger partial charge in [0.2, 0.25) is 0 Å². The Hall–Kier alpha value is -1.35. The Balaban J connectivity index is 2.85. The maximum atomic E-state index is 10.8. The van der Waals surface area contributed by atoms with Crippen LogP contribution in [-0.4, -0.2) is 18.0 Å². The summed E-state index contributed by atoms with van der Waals surface area (Å²) in [5.41, 5.74) is 0.591. The molecule has 0 spiro atoms. The van der Waals surface area contributed by atoms with Gasteiger partial charge in [0.25, 0.3) is 0 Å². The lowest BCUT2D eigenvalue weighted by atomic mass is 10.1. The average molecular weight is 180 g/mol. The lowest BCUT2D eigenvalue weighted by molar-refractivity contribution is -0.125. The summed E-state index contributed by atoms with van der Waals surface area (Å²) in [4.78, 5) is 10.8. The number of aliphatic hydroxyl groups is 1. The fourth-order valence-corrected chi connectivity index (χ4v) is 1.02. The highest BCUT2D eigenvalue weighted by Crippen LogP contribution is 2.17. The first-order valence-corrected chi connectivity index (χ1v) is 3.97.